The molecule has 8 heteroatoms. The van der Waals surface area contributed by atoms with Crippen molar-refractivity contribution >= 4 is 33.2 Å². The molecule has 0 spiro atoms. The molecule has 1 fully saturated rings. The Balaban J connectivity index is 1.59. The molecule has 144 valence electrons. The molecule has 0 saturated carbocycles. The summed E-state index contributed by atoms with van der Waals surface area (Å²) < 4.78 is 26.9. The Morgan fingerprint density at radius 3 is 2.19 bits per heavy atom. The van der Waals surface area contributed by atoms with Crippen molar-refractivity contribution in [1.82, 2.24) is 9.21 Å². The smallest absolute Gasteiger partial charge is 0.243 e. The Labute approximate surface area is 164 Å². The molecule has 0 bridgehead atoms. The summed E-state index contributed by atoms with van der Waals surface area (Å²) in [6.45, 7) is 3.51. The molecule has 0 aromatic heterocycles. The highest BCUT2D eigenvalue weighted by Crippen LogP contribution is 2.20. The second-order valence-electron chi connectivity index (χ2n) is 6.43. The first-order valence-electron chi connectivity index (χ1n) is 8.73. The third-order valence-electron chi connectivity index (χ3n) is 4.69. The number of carbonyl (C=O) groups excluding carboxylic acids is 1. The van der Waals surface area contributed by atoms with E-state index in [0.29, 0.717) is 31.2 Å². The van der Waals surface area contributed by atoms with E-state index in [1.807, 2.05) is 42.2 Å². The first-order chi connectivity index (χ1) is 12.9. The van der Waals surface area contributed by atoms with Gasteiger partial charge in [-0.15, -0.1) is 0 Å². The maximum absolute atomic E-state index is 12.7. The van der Waals surface area contributed by atoms with Crippen molar-refractivity contribution in [3.8, 4) is 0 Å². The predicted molar refractivity (Wildman–Crippen MR) is 106 cm³/mol. The molecule has 1 aliphatic heterocycles. The van der Waals surface area contributed by atoms with Crippen LogP contribution in [-0.4, -0.2) is 55.8 Å². The molecule has 0 radical (unpaired) electrons. The number of hydrogen-bond acceptors (Lipinski definition) is 4. The number of para-hydroxylation sites is 1. The van der Waals surface area contributed by atoms with Crippen LogP contribution < -0.4 is 5.32 Å². The summed E-state index contributed by atoms with van der Waals surface area (Å²) in [5.41, 5.74) is 0.748. The van der Waals surface area contributed by atoms with Gasteiger partial charge in [-0.25, -0.2) is 8.42 Å². The summed E-state index contributed by atoms with van der Waals surface area (Å²) in [5, 5.41) is 3.38. The number of benzene rings is 2. The van der Waals surface area contributed by atoms with Gasteiger partial charge >= 0.3 is 0 Å². The number of hydrogen-bond donors (Lipinski definition) is 1. The van der Waals surface area contributed by atoms with Crippen LogP contribution in [0.5, 0.6) is 0 Å². The number of rotatable bonds is 5. The van der Waals surface area contributed by atoms with Gasteiger partial charge in [0, 0.05) is 36.9 Å². The average Bonchev–Trinajstić information content (AvgIpc) is 2.68. The van der Waals surface area contributed by atoms with Crippen molar-refractivity contribution in [1.29, 1.82) is 0 Å². The zero-order valence-corrected chi connectivity index (χ0v) is 16.6. The van der Waals surface area contributed by atoms with Crippen LogP contribution in [0.1, 0.15) is 6.92 Å². The quantitative estimate of drug-likeness (QED) is 0.827. The molecule has 0 unspecified atom stereocenters. The van der Waals surface area contributed by atoms with Crippen LogP contribution in [0.4, 0.5) is 5.69 Å². The maximum atomic E-state index is 12.7. The fraction of sp³-hybridized carbons (Fsp3) is 0.316. The van der Waals surface area contributed by atoms with Crippen molar-refractivity contribution in [3.05, 3.63) is 59.6 Å². The van der Waals surface area contributed by atoms with Gasteiger partial charge < -0.3 is 5.32 Å². The molecule has 1 amide bonds. The van der Waals surface area contributed by atoms with Gasteiger partial charge in [0.2, 0.25) is 15.9 Å². The van der Waals surface area contributed by atoms with Gasteiger partial charge in [-0.2, -0.15) is 4.31 Å². The molecular formula is C19H22ClN3O3S. The first kappa shape index (κ1) is 19.8. The summed E-state index contributed by atoms with van der Waals surface area (Å²) in [6.07, 6.45) is 0. The highest BCUT2D eigenvalue weighted by molar-refractivity contribution is 7.89. The number of nitrogens with one attached hydrogen (secondary N) is 1. The third kappa shape index (κ3) is 4.68. The summed E-state index contributed by atoms with van der Waals surface area (Å²) >= 11 is 5.84. The van der Waals surface area contributed by atoms with Crippen LogP contribution in [0.3, 0.4) is 0 Å². The normalized spacial score (nSPS) is 17.4. The van der Waals surface area contributed by atoms with E-state index in [4.69, 9.17) is 11.6 Å². The van der Waals surface area contributed by atoms with Gasteiger partial charge in [-0.1, -0.05) is 29.8 Å². The van der Waals surface area contributed by atoms with E-state index in [0.717, 1.165) is 5.69 Å². The van der Waals surface area contributed by atoms with Crippen LogP contribution in [0, 0.1) is 0 Å². The molecule has 0 aliphatic carbocycles. The number of carbonyl (C=O) groups is 1. The minimum Gasteiger partial charge on any atom is -0.325 e. The van der Waals surface area contributed by atoms with Crippen LogP contribution >= 0.6 is 11.6 Å². The molecule has 27 heavy (non-hydrogen) atoms. The lowest BCUT2D eigenvalue weighted by molar-refractivity contribution is -0.121. The van der Waals surface area contributed by atoms with Gasteiger partial charge in [-0.05, 0) is 43.3 Å². The summed E-state index contributed by atoms with van der Waals surface area (Å²) in [4.78, 5) is 14.7. The van der Waals surface area contributed by atoms with Crippen LogP contribution in [0.15, 0.2) is 59.5 Å². The Morgan fingerprint density at radius 1 is 1.00 bits per heavy atom. The third-order valence-corrected chi connectivity index (χ3v) is 6.86. The zero-order chi connectivity index (χ0) is 19.4. The average molecular weight is 408 g/mol. The maximum Gasteiger partial charge on any atom is 0.243 e. The van der Waals surface area contributed by atoms with E-state index >= 15 is 0 Å². The van der Waals surface area contributed by atoms with Crippen LogP contribution in [0.25, 0.3) is 0 Å². The molecule has 2 aromatic carbocycles. The number of halogens is 1. The molecule has 3 rings (SSSR count). The Kier molecular flexibility index (Phi) is 6.16. The number of nitrogens with zero attached hydrogens (tertiary/aromatic N) is 2. The van der Waals surface area contributed by atoms with Gasteiger partial charge in [0.1, 0.15) is 0 Å². The van der Waals surface area contributed by atoms with Crippen molar-refractivity contribution in [2.75, 3.05) is 31.5 Å². The first-order valence-corrected chi connectivity index (χ1v) is 10.6. The van der Waals surface area contributed by atoms with Crippen LogP contribution in [0.2, 0.25) is 5.02 Å². The van der Waals surface area contributed by atoms with Gasteiger partial charge in [0.25, 0.3) is 0 Å². The SMILES string of the molecule is C[C@H](C(=O)Nc1ccccc1)N1CCN(S(=O)(=O)c2ccc(Cl)cc2)CC1. The van der Waals surface area contributed by atoms with Crippen molar-refractivity contribution in [2.24, 2.45) is 0 Å². The lowest BCUT2D eigenvalue weighted by Gasteiger charge is -2.36. The van der Waals surface area contributed by atoms with E-state index in [2.05, 4.69) is 5.32 Å². The number of piperazine rings is 1. The molecule has 1 saturated heterocycles. The number of sulfonamides is 1. The monoisotopic (exact) mass is 407 g/mol. The van der Waals surface area contributed by atoms with Gasteiger partial charge in [0.05, 0.1) is 10.9 Å². The zero-order valence-electron chi connectivity index (χ0n) is 15.0. The molecule has 1 aliphatic rings. The summed E-state index contributed by atoms with van der Waals surface area (Å²) in [7, 11) is -3.55. The second-order valence-corrected chi connectivity index (χ2v) is 8.80. The van der Waals surface area contributed by atoms with E-state index in [1.165, 1.54) is 16.4 Å². The molecule has 1 N–H and O–H groups in total. The Morgan fingerprint density at radius 2 is 1.59 bits per heavy atom. The molecule has 2 aromatic rings. The molecule has 1 atom stereocenters. The van der Waals surface area contributed by atoms with E-state index < -0.39 is 10.0 Å². The highest BCUT2D eigenvalue weighted by atomic mass is 35.5. The molecule has 1 heterocycles. The largest absolute Gasteiger partial charge is 0.325 e. The second kappa shape index (κ2) is 8.39. The Hall–Kier alpha value is -1.93. The lowest BCUT2D eigenvalue weighted by atomic mass is 10.2. The van der Waals surface area contributed by atoms with E-state index in [1.54, 1.807) is 12.1 Å². The van der Waals surface area contributed by atoms with Gasteiger partial charge in [-0.3, -0.25) is 9.69 Å². The predicted octanol–water partition coefficient (Wildman–Crippen LogP) is 2.67. The number of amides is 1. The van der Waals surface area contributed by atoms with E-state index in [-0.39, 0.29) is 16.8 Å². The van der Waals surface area contributed by atoms with Gasteiger partial charge in [0.15, 0.2) is 0 Å². The minimum absolute atomic E-state index is 0.102. The standard InChI is InChI=1S/C19H22ClN3O3S/c1-15(19(24)21-17-5-3-2-4-6-17)22-11-13-23(14-12-22)27(25,26)18-9-7-16(20)8-10-18/h2-10,15H,11-14H2,1H3,(H,21,24)/t15-/m1/s1. The molecule has 6 nitrogen and oxygen atoms in total. The number of anilines is 1. The van der Waals surface area contributed by atoms with Crippen molar-refractivity contribution in [2.45, 2.75) is 17.9 Å². The molecular weight excluding hydrogens is 386 g/mol. The van der Waals surface area contributed by atoms with Crippen molar-refractivity contribution in [3.63, 3.8) is 0 Å². The minimum atomic E-state index is -3.55. The Bertz CT molecular complexity index is 880. The fourth-order valence-corrected chi connectivity index (χ4v) is 4.57. The summed E-state index contributed by atoms with van der Waals surface area (Å²) in [5.74, 6) is -0.102. The van der Waals surface area contributed by atoms with Crippen LogP contribution in [-0.2, 0) is 14.8 Å². The topological polar surface area (TPSA) is 69.7 Å². The fourth-order valence-electron chi connectivity index (χ4n) is 3.02. The van der Waals surface area contributed by atoms with E-state index in [9.17, 15) is 13.2 Å². The van der Waals surface area contributed by atoms with Crippen molar-refractivity contribution < 1.29 is 13.2 Å². The highest BCUT2D eigenvalue weighted by Gasteiger charge is 2.31. The summed E-state index contributed by atoms with van der Waals surface area (Å²) in [6, 6.07) is 15.1. The lowest BCUT2D eigenvalue weighted by Crippen LogP contribution is -2.53.